The van der Waals surface area contributed by atoms with Crippen molar-refractivity contribution in [3.63, 3.8) is 0 Å². The van der Waals surface area contributed by atoms with E-state index in [4.69, 9.17) is 5.73 Å². The Bertz CT molecular complexity index is 500. The van der Waals surface area contributed by atoms with Crippen LogP contribution in [-0.4, -0.2) is 26.5 Å². The zero-order chi connectivity index (χ0) is 11.9. The van der Waals surface area contributed by atoms with Crippen molar-refractivity contribution in [2.45, 2.75) is 11.2 Å². The molecule has 1 aliphatic rings. The van der Waals surface area contributed by atoms with Crippen LogP contribution in [0.1, 0.15) is 11.5 Å². The Hall–Kier alpha value is -0.940. The van der Waals surface area contributed by atoms with E-state index in [9.17, 15) is 12.8 Å². The highest BCUT2D eigenvalue weighted by molar-refractivity contribution is 7.91. The quantitative estimate of drug-likeness (QED) is 0.858. The lowest BCUT2D eigenvalue weighted by Crippen LogP contribution is -2.11. The molecule has 1 fully saturated rings. The van der Waals surface area contributed by atoms with E-state index in [2.05, 4.69) is 0 Å². The Morgan fingerprint density at radius 2 is 2.12 bits per heavy atom. The molecule has 3 atom stereocenters. The highest BCUT2D eigenvalue weighted by Crippen LogP contribution is 2.51. The van der Waals surface area contributed by atoms with Crippen molar-refractivity contribution in [2.75, 3.05) is 12.8 Å². The summed E-state index contributed by atoms with van der Waals surface area (Å²) < 4.78 is 36.0. The molecule has 1 saturated carbocycles. The van der Waals surface area contributed by atoms with Crippen molar-refractivity contribution in [3.8, 4) is 0 Å². The summed E-state index contributed by atoms with van der Waals surface area (Å²) in [6, 6.07) is 6.08. The molecule has 0 amide bonds. The van der Waals surface area contributed by atoms with Crippen molar-refractivity contribution in [1.29, 1.82) is 0 Å². The van der Waals surface area contributed by atoms with Crippen LogP contribution in [0.4, 0.5) is 4.39 Å². The lowest BCUT2D eigenvalue weighted by Gasteiger charge is -1.99. The van der Waals surface area contributed by atoms with Gasteiger partial charge in [0.05, 0.1) is 5.25 Å². The summed E-state index contributed by atoms with van der Waals surface area (Å²) >= 11 is 0. The highest BCUT2D eigenvalue weighted by Gasteiger charge is 2.56. The van der Waals surface area contributed by atoms with Crippen molar-refractivity contribution >= 4 is 9.84 Å². The molecule has 0 spiro atoms. The van der Waals surface area contributed by atoms with Gasteiger partial charge < -0.3 is 5.73 Å². The van der Waals surface area contributed by atoms with Gasteiger partial charge in [-0.25, -0.2) is 12.8 Å². The second-order valence-electron chi connectivity index (χ2n) is 4.27. The first-order valence-corrected chi connectivity index (χ1v) is 7.05. The predicted octanol–water partition coefficient (Wildman–Crippen LogP) is 0.911. The number of sulfone groups is 1. The molecule has 0 aromatic heterocycles. The summed E-state index contributed by atoms with van der Waals surface area (Å²) in [5.41, 5.74) is 6.26. The fourth-order valence-electron chi connectivity index (χ4n) is 2.36. The lowest BCUT2D eigenvalue weighted by atomic mass is 10.1. The molecule has 3 nitrogen and oxygen atoms in total. The van der Waals surface area contributed by atoms with E-state index in [1.807, 2.05) is 0 Å². The Balaban J connectivity index is 2.30. The molecular formula is C11H14FNO2S. The Morgan fingerprint density at radius 1 is 1.44 bits per heavy atom. The molecule has 0 radical (unpaired) electrons. The van der Waals surface area contributed by atoms with Crippen LogP contribution < -0.4 is 5.73 Å². The molecule has 0 unspecified atom stereocenters. The van der Waals surface area contributed by atoms with Crippen LogP contribution in [0, 0.1) is 11.7 Å². The monoisotopic (exact) mass is 243 g/mol. The Labute approximate surface area is 94.4 Å². The maximum absolute atomic E-state index is 13.0. The second kappa shape index (κ2) is 3.82. The minimum Gasteiger partial charge on any atom is -0.330 e. The van der Waals surface area contributed by atoms with Crippen LogP contribution in [0.5, 0.6) is 0 Å². The van der Waals surface area contributed by atoms with Crippen molar-refractivity contribution < 1.29 is 12.8 Å². The molecular weight excluding hydrogens is 229 g/mol. The minimum absolute atomic E-state index is 0.0724. The van der Waals surface area contributed by atoms with Gasteiger partial charge in [0.2, 0.25) is 0 Å². The van der Waals surface area contributed by atoms with Crippen LogP contribution >= 0.6 is 0 Å². The predicted molar refractivity (Wildman–Crippen MR) is 60.3 cm³/mol. The number of hydrogen-bond acceptors (Lipinski definition) is 3. The molecule has 1 aromatic carbocycles. The second-order valence-corrected chi connectivity index (χ2v) is 6.48. The number of hydrogen-bond donors (Lipinski definition) is 1. The van der Waals surface area contributed by atoms with Gasteiger partial charge in [-0.3, -0.25) is 0 Å². The van der Waals surface area contributed by atoms with E-state index in [1.54, 1.807) is 12.1 Å². The topological polar surface area (TPSA) is 60.2 Å². The van der Waals surface area contributed by atoms with Gasteiger partial charge in [-0.05, 0) is 30.2 Å². The van der Waals surface area contributed by atoms with Crippen molar-refractivity contribution in [1.82, 2.24) is 0 Å². The molecule has 2 rings (SSSR count). The fraction of sp³-hybridized carbons (Fsp3) is 0.455. The molecule has 16 heavy (non-hydrogen) atoms. The molecule has 5 heteroatoms. The van der Waals surface area contributed by atoms with Crippen molar-refractivity contribution in [3.05, 3.63) is 35.6 Å². The normalized spacial score (nSPS) is 29.1. The molecule has 1 aliphatic carbocycles. The minimum atomic E-state index is -3.10. The standard InChI is InChI=1S/C11H14FNO2S/c1-16(14,15)11-9(6-13)10(11)7-3-2-4-8(12)5-7/h2-5,9-11H,6,13H2,1H3/t9-,10-,11-/m0/s1. The van der Waals surface area contributed by atoms with E-state index in [0.717, 1.165) is 5.56 Å². The first-order valence-electron chi connectivity index (χ1n) is 5.09. The summed E-state index contributed by atoms with van der Waals surface area (Å²) in [6.45, 7) is 0.318. The van der Waals surface area contributed by atoms with Gasteiger partial charge in [0.15, 0.2) is 9.84 Å². The third kappa shape index (κ3) is 1.97. The first-order chi connectivity index (χ1) is 7.45. The molecule has 0 heterocycles. The molecule has 1 aromatic rings. The summed E-state index contributed by atoms with van der Waals surface area (Å²) in [4.78, 5) is 0. The third-order valence-electron chi connectivity index (χ3n) is 3.10. The van der Waals surface area contributed by atoms with Crippen LogP contribution in [0.2, 0.25) is 0 Å². The summed E-state index contributed by atoms with van der Waals surface area (Å²) in [5, 5.41) is -0.445. The molecule has 88 valence electrons. The van der Waals surface area contributed by atoms with E-state index < -0.39 is 15.1 Å². The van der Waals surface area contributed by atoms with Gasteiger partial charge in [-0.2, -0.15) is 0 Å². The lowest BCUT2D eigenvalue weighted by molar-refractivity contribution is 0.597. The maximum Gasteiger partial charge on any atom is 0.151 e. The summed E-state index contributed by atoms with van der Waals surface area (Å²) in [5.74, 6) is -0.556. The van der Waals surface area contributed by atoms with Gasteiger partial charge in [0.1, 0.15) is 5.82 Å². The number of nitrogens with two attached hydrogens (primary N) is 1. The van der Waals surface area contributed by atoms with E-state index in [0.29, 0.717) is 6.54 Å². The van der Waals surface area contributed by atoms with Crippen LogP contribution in [-0.2, 0) is 9.84 Å². The number of benzene rings is 1. The first kappa shape index (κ1) is 11.5. The largest absolute Gasteiger partial charge is 0.330 e. The van der Waals surface area contributed by atoms with Gasteiger partial charge in [0, 0.05) is 12.2 Å². The van der Waals surface area contributed by atoms with E-state index in [-0.39, 0.29) is 17.7 Å². The molecule has 0 bridgehead atoms. The third-order valence-corrected chi connectivity index (χ3v) is 4.73. The van der Waals surface area contributed by atoms with E-state index in [1.165, 1.54) is 18.4 Å². The number of halogens is 1. The smallest absolute Gasteiger partial charge is 0.151 e. The van der Waals surface area contributed by atoms with Crippen LogP contribution in [0.25, 0.3) is 0 Å². The van der Waals surface area contributed by atoms with Crippen LogP contribution in [0.3, 0.4) is 0 Å². The molecule has 0 saturated heterocycles. The van der Waals surface area contributed by atoms with Gasteiger partial charge in [-0.15, -0.1) is 0 Å². The molecule has 2 N–H and O–H groups in total. The molecule has 0 aliphatic heterocycles. The maximum atomic E-state index is 13.0. The zero-order valence-corrected chi connectivity index (χ0v) is 9.75. The van der Waals surface area contributed by atoms with Crippen molar-refractivity contribution in [2.24, 2.45) is 11.7 Å². The summed E-state index contributed by atoms with van der Waals surface area (Å²) in [7, 11) is -3.10. The van der Waals surface area contributed by atoms with Gasteiger partial charge in [-0.1, -0.05) is 12.1 Å². The average molecular weight is 243 g/mol. The summed E-state index contributed by atoms with van der Waals surface area (Å²) in [6.07, 6.45) is 1.21. The van der Waals surface area contributed by atoms with E-state index >= 15 is 0 Å². The Morgan fingerprint density at radius 3 is 2.56 bits per heavy atom. The SMILES string of the molecule is CS(=O)(=O)[C@H]1[C@@H](CN)[C@@H]1c1cccc(F)c1. The Kier molecular flexibility index (Phi) is 2.75. The average Bonchev–Trinajstić information content (AvgIpc) is 2.91. The fourth-order valence-corrected chi connectivity index (χ4v) is 4.07. The van der Waals surface area contributed by atoms with Crippen LogP contribution in [0.15, 0.2) is 24.3 Å². The highest BCUT2D eigenvalue weighted by atomic mass is 32.2. The van der Waals surface area contributed by atoms with Gasteiger partial charge >= 0.3 is 0 Å². The zero-order valence-electron chi connectivity index (χ0n) is 8.93. The van der Waals surface area contributed by atoms with Gasteiger partial charge in [0.25, 0.3) is 0 Å². The number of rotatable bonds is 3.